The van der Waals surface area contributed by atoms with Crippen molar-refractivity contribution in [3.8, 4) is 0 Å². The number of hydrogen-bond donors (Lipinski definition) is 1. The van der Waals surface area contributed by atoms with E-state index in [0.29, 0.717) is 17.3 Å². The van der Waals surface area contributed by atoms with Crippen molar-refractivity contribution in [3.63, 3.8) is 0 Å². The predicted octanol–water partition coefficient (Wildman–Crippen LogP) is 3.33. The number of rotatable bonds is 3. The van der Waals surface area contributed by atoms with Crippen molar-refractivity contribution in [2.75, 3.05) is 16.8 Å². The van der Waals surface area contributed by atoms with Crippen LogP contribution in [-0.2, 0) is 9.59 Å². The quantitative estimate of drug-likeness (QED) is 0.944. The molecule has 0 bridgehead atoms. The van der Waals surface area contributed by atoms with Gasteiger partial charge in [0.2, 0.25) is 11.8 Å². The summed E-state index contributed by atoms with van der Waals surface area (Å²) in [6.45, 7) is 0.398. The minimum absolute atomic E-state index is 0.0301. The summed E-state index contributed by atoms with van der Waals surface area (Å²) in [7, 11) is 0. The van der Waals surface area contributed by atoms with E-state index in [1.54, 1.807) is 29.2 Å². The van der Waals surface area contributed by atoms with Gasteiger partial charge >= 0.3 is 0 Å². The Hall–Kier alpha value is -2.33. The summed E-state index contributed by atoms with van der Waals surface area (Å²) in [4.78, 5) is 26.1. The Labute approximate surface area is 133 Å². The summed E-state index contributed by atoms with van der Waals surface area (Å²) in [5, 5.41) is 3.38. The van der Waals surface area contributed by atoms with Crippen molar-refractivity contribution < 1.29 is 9.59 Å². The van der Waals surface area contributed by atoms with Crippen LogP contribution in [0, 0.1) is 5.92 Å². The molecule has 0 unspecified atom stereocenters. The Kier molecular flexibility index (Phi) is 4.11. The standard InChI is InChI=1S/C17H15ClN2O2/c18-13-5-4-6-14(10-13)19-17(22)12-9-16(21)20(11-12)15-7-2-1-3-8-15/h1-8,10,12H,9,11H2,(H,19,22)/t12-/m1/s1. The molecule has 1 atom stereocenters. The molecule has 0 saturated carbocycles. The number of anilines is 2. The van der Waals surface area contributed by atoms with E-state index >= 15 is 0 Å². The van der Waals surface area contributed by atoms with Gasteiger partial charge in [0.15, 0.2) is 0 Å². The molecule has 1 heterocycles. The van der Waals surface area contributed by atoms with Crippen LogP contribution in [-0.4, -0.2) is 18.4 Å². The SMILES string of the molecule is O=C(Nc1cccc(Cl)c1)[C@@H]1CC(=O)N(c2ccccc2)C1. The lowest BCUT2D eigenvalue weighted by molar-refractivity contribution is -0.122. The van der Waals surface area contributed by atoms with Crippen LogP contribution in [0.15, 0.2) is 54.6 Å². The number of hydrogen-bond acceptors (Lipinski definition) is 2. The maximum Gasteiger partial charge on any atom is 0.229 e. The van der Waals surface area contributed by atoms with Gasteiger partial charge in [0.1, 0.15) is 0 Å². The van der Waals surface area contributed by atoms with Crippen molar-refractivity contribution in [1.29, 1.82) is 0 Å². The first-order chi connectivity index (χ1) is 10.6. The molecule has 2 amide bonds. The number of benzene rings is 2. The number of nitrogens with one attached hydrogen (secondary N) is 1. The third kappa shape index (κ3) is 3.12. The number of halogens is 1. The fourth-order valence-electron chi connectivity index (χ4n) is 2.55. The fourth-order valence-corrected chi connectivity index (χ4v) is 2.74. The van der Waals surface area contributed by atoms with Gasteiger partial charge in [-0.1, -0.05) is 35.9 Å². The molecule has 1 aliphatic heterocycles. The molecule has 0 aromatic heterocycles. The van der Waals surface area contributed by atoms with Gasteiger partial charge in [-0.3, -0.25) is 9.59 Å². The van der Waals surface area contributed by atoms with Crippen molar-refractivity contribution in [2.24, 2.45) is 5.92 Å². The highest BCUT2D eigenvalue weighted by molar-refractivity contribution is 6.30. The summed E-state index contributed by atoms with van der Waals surface area (Å²) in [5.41, 5.74) is 1.47. The molecule has 5 heteroatoms. The Morgan fingerprint density at radius 3 is 2.64 bits per heavy atom. The summed E-state index contributed by atoms with van der Waals surface area (Å²) in [5.74, 6) is -0.543. The van der Waals surface area contributed by atoms with E-state index in [1.807, 2.05) is 30.3 Å². The molecule has 3 rings (SSSR count). The van der Waals surface area contributed by atoms with E-state index < -0.39 is 0 Å². The van der Waals surface area contributed by atoms with Crippen molar-refractivity contribution >= 4 is 34.8 Å². The Bertz CT molecular complexity index is 703. The van der Waals surface area contributed by atoms with Gasteiger partial charge in [-0.05, 0) is 30.3 Å². The molecule has 0 radical (unpaired) electrons. The summed E-state index contributed by atoms with van der Waals surface area (Å²) >= 11 is 5.90. The predicted molar refractivity (Wildman–Crippen MR) is 87.0 cm³/mol. The van der Waals surface area contributed by atoms with E-state index in [1.165, 1.54) is 0 Å². The van der Waals surface area contributed by atoms with Crippen LogP contribution < -0.4 is 10.2 Å². The fraction of sp³-hybridized carbons (Fsp3) is 0.176. The van der Waals surface area contributed by atoms with Gasteiger partial charge in [-0.2, -0.15) is 0 Å². The van der Waals surface area contributed by atoms with Crippen LogP contribution in [0.1, 0.15) is 6.42 Å². The summed E-state index contributed by atoms with van der Waals surface area (Å²) in [6.07, 6.45) is 0.224. The average molecular weight is 315 g/mol. The molecule has 22 heavy (non-hydrogen) atoms. The molecule has 2 aromatic rings. The van der Waals surface area contributed by atoms with Crippen LogP contribution in [0.5, 0.6) is 0 Å². The smallest absolute Gasteiger partial charge is 0.229 e. The average Bonchev–Trinajstić information content (AvgIpc) is 2.90. The largest absolute Gasteiger partial charge is 0.326 e. The topological polar surface area (TPSA) is 49.4 Å². The van der Waals surface area contributed by atoms with Gasteiger partial charge in [-0.25, -0.2) is 0 Å². The highest BCUT2D eigenvalue weighted by atomic mass is 35.5. The number of carbonyl (C=O) groups is 2. The van der Waals surface area contributed by atoms with Crippen molar-refractivity contribution in [1.82, 2.24) is 0 Å². The van der Waals surface area contributed by atoms with E-state index in [0.717, 1.165) is 5.69 Å². The maximum absolute atomic E-state index is 12.3. The monoisotopic (exact) mass is 314 g/mol. The molecule has 4 nitrogen and oxygen atoms in total. The van der Waals surface area contributed by atoms with Gasteiger partial charge in [0, 0.05) is 29.4 Å². The lowest BCUT2D eigenvalue weighted by Gasteiger charge is -2.16. The third-order valence-corrected chi connectivity index (χ3v) is 3.89. The lowest BCUT2D eigenvalue weighted by Crippen LogP contribution is -2.28. The molecule has 2 aromatic carbocycles. The minimum Gasteiger partial charge on any atom is -0.326 e. The van der Waals surface area contributed by atoms with Gasteiger partial charge in [0.05, 0.1) is 5.92 Å². The molecular formula is C17H15ClN2O2. The highest BCUT2D eigenvalue weighted by Gasteiger charge is 2.35. The second-order valence-electron chi connectivity index (χ2n) is 5.24. The van der Waals surface area contributed by atoms with Gasteiger partial charge < -0.3 is 10.2 Å². The van der Waals surface area contributed by atoms with E-state index in [9.17, 15) is 9.59 Å². The maximum atomic E-state index is 12.3. The second kappa shape index (κ2) is 6.20. The molecule has 1 aliphatic rings. The van der Waals surface area contributed by atoms with Gasteiger partial charge in [0.25, 0.3) is 0 Å². The number of amides is 2. The molecular weight excluding hydrogens is 300 g/mol. The zero-order valence-corrected chi connectivity index (χ0v) is 12.6. The molecule has 1 fully saturated rings. The Morgan fingerprint density at radius 2 is 1.91 bits per heavy atom. The van der Waals surface area contributed by atoms with E-state index in [4.69, 9.17) is 11.6 Å². The normalized spacial score (nSPS) is 17.6. The molecule has 1 saturated heterocycles. The first-order valence-electron chi connectivity index (χ1n) is 7.05. The second-order valence-corrected chi connectivity index (χ2v) is 5.68. The van der Waals surface area contributed by atoms with Crippen LogP contribution >= 0.6 is 11.6 Å². The summed E-state index contributed by atoms with van der Waals surface area (Å²) < 4.78 is 0. The zero-order chi connectivity index (χ0) is 15.5. The molecule has 1 N–H and O–H groups in total. The van der Waals surface area contributed by atoms with Crippen LogP contribution in [0.3, 0.4) is 0 Å². The van der Waals surface area contributed by atoms with Crippen LogP contribution in [0.25, 0.3) is 0 Å². The molecule has 0 aliphatic carbocycles. The van der Waals surface area contributed by atoms with Crippen molar-refractivity contribution in [3.05, 3.63) is 59.6 Å². The first-order valence-corrected chi connectivity index (χ1v) is 7.43. The van der Waals surface area contributed by atoms with Crippen LogP contribution in [0.4, 0.5) is 11.4 Å². The Balaban J connectivity index is 1.69. The highest BCUT2D eigenvalue weighted by Crippen LogP contribution is 2.26. The third-order valence-electron chi connectivity index (χ3n) is 3.66. The van der Waals surface area contributed by atoms with Crippen molar-refractivity contribution in [2.45, 2.75) is 6.42 Å². The molecule has 112 valence electrons. The van der Waals surface area contributed by atoms with Crippen LogP contribution in [0.2, 0.25) is 5.02 Å². The lowest BCUT2D eigenvalue weighted by atomic mass is 10.1. The molecule has 0 spiro atoms. The van der Waals surface area contributed by atoms with E-state index in [-0.39, 0.29) is 24.2 Å². The number of carbonyl (C=O) groups excluding carboxylic acids is 2. The zero-order valence-electron chi connectivity index (χ0n) is 11.8. The number of para-hydroxylation sites is 1. The minimum atomic E-state index is -0.355. The Morgan fingerprint density at radius 1 is 1.14 bits per heavy atom. The number of nitrogens with zero attached hydrogens (tertiary/aromatic N) is 1. The summed E-state index contributed by atoms with van der Waals surface area (Å²) in [6, 6.07) is 16.4. The first kappa shape index (κ1) is 14.6. The van der Waals surface area contributed by atoms with E-state index in [2.05, 4.69) is 5.32 Å². The van der Waals surface area contributed by atoms with Gasteiger partial charge in [-0.15, -0.1) is 0 Å².